The predicted molar refractivity (Wildman–Crippen MR) is 108 cm³/mol. The number of ether oxygens (including phenoxy) is 2. The largest absolute Gasteiger partial charge is 0.492 e. The maximum Gasteiger partial charge on any atom is 0.260 e. The van der Waals surface area contributed by atoms with Crippen molar-refractivity contribution in [3.05, 3.63) is 58.7 Å². The molecule has 1 atom stereocenters. The molecule has 0 fully saturated rings. The van der Waals surface area contributed by atoms with Crippen molar-refractivity contribution in [1.82, 2.24) is 5.32 Å². The summed E-state index contributed by atoms with van der Waals surface area (Å²) in [5.41, 5.74) is 5.20. The van der Waals surface area contributed by atoms with E-state index in [4.69, 9.17) is 9.47 Å². The van der Waals surface area contributed by atoms with Crippen LogP contribution in [-0.4, -0.2) is 25.2 Å². The van der Waals surface area contributed by atoms with Crippen LogP contribution in [0.4, 0.5) is 0 Å². The summed E-state index contributed by atoms with van der Waals surface area (Å²) in [5, 5.41) is 2.87. The zero-order valence-corrected chi connectivity index (χ0v) is 16.5. The van der Waals surface area contributed by atoms with Gasteiger partial charge in [-0.15, -0.1) is 0 Å². The molecule has 1 aliphatic carbocycles. The Labute approximate surface area is 161 Å². The van der Waals surface area contributed by atoms with Crippen LogP contribution in [0, 0.1) is 13.8 Å². The molecular weight excluding hydrogens is 338 g/mol. The Hall–Kier alpha value is -2.49. The third kappa shape index (κ3) is 5.25. The van der Waals surface area contributed by atoms with Gasteiger partial charge in [0.05, 0.1) is 6.54 Å². The number of hydrogen-bond donors (Lipinski definition) is 1. The molecule has 0 bridgehead atoms. The van der Waals surface area contributed by atoms with Gasteiger partial charge >= 0.3 is 0 Å². The lowest BCUT2D eigenvalue weighted by molar-refractivity contribution is -0.127. The summed E-state index contributed by atoms with van der Waals surface area (Å²) in [5.74, 6) is 1.46. The van der Waals surface area contributed by atoms with Crippen molar-refractivity contribution in [3.63, 3.8) is 0 Å². The normalized spacial score (nSPS) is 14.2. The SMILES string of the molecule is Cc1ccc(OCCNC(=O)C(C)Oc2ccc3c(c2)CCCC3)cc1C. The fourth-order valence-electron chi connectivity index (χ4n) is 3.33. The fraction of sp³-hybridized carbons (Fsp3) is 0.435. The van der Waals surface area contributed by atoms with Gasteiger partial charge in [0.1, 0.15) is 18.1 Å². The first-order valence-electron chi connectivity index (χ1n) is 9.79. The van der Waals surface area contributed by atoms with Gasteiger partial charge in [-0.1, -0.05) is 12.1 Å². The number of hydrogen-bond acceptors (Lipinski definition) is 3. The van der Waals surface area contributed by atoms with E-state index in [0.717, 1.165) is 24.3 Å². The van der Waals surface area contributed by atoms with E-state index in [1.165, 1.54) is 35.1 Å². The number of nitrogens with one attached hydrogen (secondary N) is 1. The Morgan fingerprint density at radius 2 is 1.74 bits per heavy atom. The summed E-state index contributed by atoms with van der Waals surface area (Å²) in [6.07, 6.45) is 4.20. The zero-order valence-electron chi connectivity index (χ0n) is 16.5. The molecule has 27 heavy (non-hydrogen) atoms. The molecule has 0 radical (unpaired) electrons. The molecule has 4 nitrogen and oxygen atoms in total. The highest BCUT2D eigenvalue weighted by Crippen LogP contribution is 2.25. The van der Waals surface area contributed by atoms with E-state index in [9.17, 15) is 4.79 Å². The summed E-state index contributed by atoms with van der Waals surface area (Å²) in [7, 11) is 0. The van der Waals surface area contributed by atoms with Crippen LogP contribution in [-0.2, 0) is 17.6 Å². The van der Waals surface area contributed by atoms with Crippen molar-refractivity contribution < 1.29 is 14.3 Å². The molecule has 0 heterocycles. The van der Waals surface area contributed by atoms with Gasteiger partial charge in [0.2, 0.25) is 0 Å². The van der Waals surface area contributed by atoms with Crippen LogP contribution in [0.15, 0.2) is 36.4 Å². The highest BCUT2D eigenvalue weighted by molar-refractivity contribution is 5.80. The van der Waals surface area contributed by atoms with Crippen molar-refractivity contribution in [2.75, 3.05) is 13.2 Å². The Balaban J connectivity index is 1.43. The summed E-state index contributed by atoms with van der Waals surface area (Å²) >= 11 is 0. The Kier molecular flexibility index (Phi) is 6.38. The standard InChI is InChI=1S/C23H29NO3/c1-16-8-10-21(14-17(16)2)26-13-12-24-23(25)18(3)27-22-11-9-19-6-4-5-7-20(19)15-22/h8-11,14-15,18H,4-7,12-13H2,1-3H3,(H,24,25). The van der Waals surface area contributed by atoms with Crippen LogP contribution in [0.1, 0.15) is 42.0 Å². The lowest BCUT2D eigenvalue weighted by Gasteiger charge is -2.19. The van der Waals surface area contributed by atoms with Crippen LogP contribution in [0.25, 0.3) is 0 Å². The molecule has 0 aromatic heterocycles. The molecule has 3 rings (SSSR count). The number of benzene rings is 2. The van der Waals surface area contributed by atoms with Crippen LogP contribution in [0.2, 0.25) is 0 Å². The van der Waals surface area contributed by atoms with Crippen LogP contribution >= 0.6 is 0 Å². The van der Waals surface area contributed by atoms with Crippen LogP contribution in [0.5, 0.6) is 11.5 Å². The number of fused-ring (bicyclic) bond motifs is 1. The summed E-state index contributed by atoms with van der Waals surface area (Å²) in [6.45, 7) is 6.79. The number of carbonyl (C=O) groups is 1. The number of amides is 1. The average molecular weight is 367 g/mol. The maximum atomic E-state index is 12.3. The second-order valence-corrected chi connectivity index (χ2v) is 7.28. The molecule has 0 saturated carbocycles. The minimum atomic E-state index is -0.534. The maximum absolute atomic E-state index is 12.3. The Bertz CT molecular complexity index is 800. The van der Waals surface area contributed by atoms with Gasteiger partial charge < -0.3 is 14.8 Å². The molecule has 1 unspecified atom stereocenters. The first-order chi connectivity index (χ1) is 13.0. The van der Waals surface area contributed by atoms with Crippen LogP contribution < -0.4 is 14.8 Å². The first-order valence-corrected chi connectivity index (χ1v) is 9.79. The molecule has 0 saturated heterocycles. The minimum absolute atomic E-state index is 0.128. The van der Waals surface area contributed by atoms with Crippen molar-refractivity contribution >= 4 is 5.91 Å². The minimum Gasteiger partial charge on any atom is -0.492 e. The lowest BCUT2D eigenvalue weighted by Crippen LogP contribution is -2.38. The summed E-state index contributed by atoms with van der Waals surface area (Å²) in [6, 6.07) is 12.2. The average Bonchev–Trinajstić information content (AvgIpc) is 2.67. The van der Waals surface area contributed by atoms with E-state index in [0.29, 0.717) is 13.2 Å². The van der Waals surface area contributed by atoms with E-state index in [1.54, 1.807) is 6.92 Å². The second kappa shape index (κ2) is 8.94. The molecule has 1 aliphatic rings. The smallest absolute Gasteiger partial charge is 0.260 e. The van der Waals surface area contributed by atoms with E-state index < -0.39 is 6.10 Å². The number of rotatable bonds is 7. The third-order valence-electron chi connectivity index (χ3n) is 5.15. The second-order valence-electron chi connectivity index (χ2n) is 7.28. The van der Waals surface area contributed by atoms with Crippen molar-refractivity contribution in [2.45, 2.75) is 52.6 Å². The Morgan fingerprint density at radius 3 is 2.52 bits per heavy atom. The summed E-state index contributed by atoms with van der Waals surface area (Å²) in [4.78, 5) is 12.3. The summed E-state index contributed by atoms with van der Waals surface area (Å²) < 4.78 is 11.5. The van der Waals surface area contributed by atoms with Gasteiger partial charge in [-0.2, -0.15) is 0 Å². The fourth-order valence-corrected chi connectivity index (χ4v) is 3.33. The van der Waals surface area contributed by atoms with Gasteiger partial charge in [0.15, 0.2) is 6.10 Å². The quantitative estimate of drug-likeness (QED) is 0.748. The van der Waals surface area contributed by atoms with Crippen molar-refractivity contribution in [2.24, 2.45) is 0 Å². The molecule has 144 valence electrons. The molecule has 0 spiro atoms. The van der Waals surface area contributed by atoms with Crippen molar-refractivity contribution in [3.8, 4) is 11.5 Å². The van der Waals surface area contributed by atoms with Gasteiger partial charge in [-0.05, 0) is 93.0 Å². The Morgan fingerprint density at radius 1 is 1.00 bits per heavy atom. The monoisotopic (exact) mass is 367 g/mol. The highest BCUT2D eigenvalue weighted by atomic mass is 16.5. The molecule has 4 heteroatoms. The van der Waals surface area contributed by atoms with Gasteiger partial charge in [-0.3, -0.25) is 4.79 Å². The first kappa shape index (κ1) is 19.3. The number of carbonyl (C=O) groups excluding carboxylic acids is 1. The van der Waals surface area contributed by atoms with Crippen LogP contribution in [0.3, 0.4) is 0 Å². The lowest BCUT2D eigenvalue weighted by atomic mass is 9.92. The van der Waals surface area contributed by atoms with Gasteiger partial charge in [0, 0.05) is 0 Å². The third-order valence-corrected chi connectivity index (χ3v) is 5.15. The van der Waals surface area contributed by atoms with Gasteiger partial charge in [-0.25, -0.2) is 0 Å². The van der Waals surface area contributed by atoms with E-state index >= 15 is 0 Å². The molecule has 2 aromatic carbocycles. The van der Waals surface area contributed by atoms with Crippen molar-refractivity contribution in [1.29, 1.82) is 0 Å². The van der Waals surface area contributed by atoms with Gasteiger partial charge in [0.25, 0.3) is 5.91 Å². The number of aryl methyl sites for hydroxylation is 4. The molecule has 2 aromatic rings. The van der Waals surface area contributed by atoms with E-state index in [-0.39, 0.29) is 5.91 Å². The molecule has 0 aliphatic heterocycles. The predicted octanol–water partition coefficient (Wildman–Crippen LogP) is 4.14. The topological polar surface area (TPSA) is 47.6 Å². The van der Waals surface area contributed by atoms with E-state index in [1.807, 2.05) is 24.3 Å². The molecule has 1 N–H and O–H groups in total. The molecule has 1 amide bonds. The molecular formula is C23H29NO3. The zero-order chi connectivity index (χ0) is 19.2. The highest BCUT2D eigenvalue weighted by Gasteiger charge is 2.16. The van der Waals surface area contributed by atoms with E-state index in [2.05, 4.69) is 31.3 Å².